The third kappa shape index (κ3) is 4.11. The van der Waals surface area contributed by atoms with Crippen LogP contribution in [0.5, 0.6) is 0 Å². The average molecular weight is 426 g/mol. The van der Waals surface area contributed by atoms with Gasteiger partial charge in [0, 0.05) is 25.6 Å². The molecule has 0 aliphatic carbocycles. The van der Waals surface area contributed by atoms with E-state index in [9.17, 15) is 24.5 Å². The Bertz CT molecular complexity index is 1110. The zero-order valence-electron chi connectivity index (χ0n) is 16.9. The monoisotopic (exact) mass is 426 g/mol. The first-order chi connectivity index (χ1) is 14.8. The minimum Gasteiger partial charge on any atom is -0.342 e. The Labute approximate surface area is 177 Å². The van der Waals surface area contributed by atoms with Crippen LogP contribution < -0.4 is 21.1 Å². The number of benzene rings is 1. The van der Waals surface area contributed by atoms with Gasteiger partial charge >= 0.3 is 0 Å². The summed E-state index contributed by atoms with van der Waals surface area (Å²) >= 11 is 0. The van der Waals surface area contributed by atoms with E-state index in [4.69, 9.17) is 0 Å². The molecule has 0 saturated carbocycles. The molecule has 2 atom stereocenters. The highest BCUT2D eigenvalue weighted by Gasteiger charge is 2.36. The van der Waals surface area contributed by atoms with Gasteiger partial charge in [0.05, 0.1) is 16.4 Å². The van der Waals surface area contributed by atoms with Crippen LogP contribution in [0.1, 0.15) is 37.7 Å². The zero-order chi connectivity index (χ0) is 22.1. The van der Waals surface area contributed by atoms with Crippen molar-refractivity contribution in [3.63, 3.8) is 0 Å². The molecule has 1 fully saturated rings. The number of hydrogen-bond donors (Lipinski definition) is 3. The summed E-state index contributed by atoms with van der Waals surface area (Å²) in [6, 6.07) is 5.68. The van der Waals surface area contributed by atoms with Gasteiger partial charge in [-0.05, 0) is 24.8 Å². The number of amides is 2. The highest BCUT2D eigenvalue weighted by atomic mass is 16.6. The van der Waals surface area contributed by atoms with Crippen LogP contribution in [0, 0.1) is 16.0 Å². The van der Waals surface area contributed by atoms with E-state index in [1.807, 2.05) is 4.90 Å². The molecular formula is C20H22N6O5. The number of carbonyl (C=O) groups excluding carboxylic acids is 2. The minimum atomic E-state index is -1.12. The van der Waals surface area contributed by atoms with Crippen LogP contribution in [0.4, 0.5) is 23.1 Å². The van der Waals surface area contributed by atoms with Gasteiger partial charge in [-0.3, -0.25) is 29.5 Å². The van der Waals surface area contributed by atoms with Crippen LogP contribution in [0.2, 0.25) is 0 Å². The summed E-state index contributed by atoms with van der Waals surface area (Å²) in [6.07, 6.45) is 1.80. The molecule has 0 bridgehead atoms. The number of nitro benzene ring substituents is 1. The van der Waals surface area contributed by atoms with E-state index in [1.165, 1.54) is 18.2 Å². The number of carbonyl (C=O) groups is 2. The Balaban J connectivity index is 1.66. The second-order valence-corrected chi connectivity index (χ2v) is 7.91. The van der Waals surface area contributed by atoms with E-state index in [0.29, 0.717) is 11.9 Å². The van der Waals surface area contributed by atoms with E-state index in [1.54, 1.807) is 6.07 Å². The molecule has 0 radical (unpaired) electrons. The number of piperidine rings is 1. The zero-order valence-corrected chi connectivity index (χ0v) is 16.9. The lowest BCUT2D eigenvalue weighted by Gasteiger charge is -2.32. The van der Waals surface area contributed by atoms with E-state index in [2.05, 4.69) is 27.5 Å². The van der Waals surface area contributed by atoms with Crippen molar-refractivity contribution >= 4 is 35.0 Å². The number of nitro groups is 1. The van der Waals surface area contributed by atoms with Crippen LogP contribution in [-0.2, 0) is 9.59 Å². The van der Waals surface area contributed by atoms with Gasteiger partial charge in [0.2, 0.25) is 17.8 Å². The summed E-state index contributed by atoms with van der Waals surface area (Å²) in [4.78, 5) is 57.8. The van der Waals surface area contributed by atoms with Gasteiger partial charge in [0.1, 0.15) is 11.5 Å². The molecule has 1 aromatic carbocycles. The van der Waals surface area contributed by atoms with Crippen molar-refractivity contribution in [1.29, 1.82) is 0 Å². The van der Waals surface area contributed by atoms with Crippen molar-refractivity contribution in [2.24, 2.45) is 5.92 Å². The van der Waals surface area contributed by atoms with Gasteiger partial charge in [-0.15, -0.1) is 0 Å². The average Bonchev–Trinajstić information content (AvgIpc) is 2.73. The van der Waals surface area contributed by atoms with Crippen molar-refractivity contribution in [1.82, 2.24) is 9.97 Å². The van der Waals surface area contributed by atoms with Crippen LogP contribution in [0.3, 0.4) is 0 Å². The maximum atomic E-state index is 12.9. The fourth-order valence-corrected chi connectivity index (χ4v) is 4.07. The third-order valence-electron chi connectivity index (χ3n) is 5.57. The second kappa shape index (κ2) is 8.17. The van der Waals surface area contributed by atoms with E-state index < -0.39 is 28.2 Å². The predicted molar refractivity (Wildman–Crippen MR) is 113 cm³/mol. The Hall–Kier alpha value is -3.76. The lowest BCUT2D eigenvalue weighted by Crippen LogP contribution is -2.40. The highest BCUT2D eigenvalue weighted by Crippen LogP contribution is 2.32. The largest absolute Gasteiger partial charge is 0.342 e. The number of aromatic nitrogens is 2. The van der Waals surface area contributed by atoms with Crippen molar-refractivity contribution < 1.29 is 14.5 Å². The second-order valence-electron chi connectivity index (χ2n) is 7.91. The molecule has 2 aliphatic heterocycles. The number of H-pyrrole nitrogens is 1. The first-order valence-corrected chi connectivity index (χ1v) is 10.1. The lowest BCUT2D eigenvalue weighted by atomic mass is 9.92. The molecule has 11 nitrogen and oxygen atoms in total. The quantitative estimate of drug-likeness (QED) is 0.499. The molecule has 0 unspecified atom stereocenters. The van der Waals surface area contributed by atoms with Crippen LogP contribution in [0.25, 0.3) is 0 Å². The van der Waals surface area contributed by atoms with Gasteiger partial charge in [0.15, 0.2) is 0 Å². The molecule has 1 aromatic heterocycles. The fourth-order valence-electron chi connectivity index (χ4n) is 4.07. The number of fused-ring (bicyclic) bond motifs is 1. The van der Waals surface area contributed by atoms with Crippen molar-refractivity contribution in [2.75, 3.05) is 28.6 Å². The normalized spacial score (nSPS) is 20.5. The van der Waals surface area contributed by atoms with Crippen molar-refractivity contribution in [3.05, 3.63) is 50.3 Å². The van der Waals surface area contributed by atoms with Crippen LogP contribution >= 0.6 is 0 Å². The molecule has 2 aliphatic rings. The Kier molecular flexibility index (Phi) is 5.40. The van der Waals surface area contributed by atoms with Gasteiger partial charge in [-0.1, -0.05) is 19.1 Å². The number of nitrogens with one attached hydrogen (secondary N) is 3. The molecule has 31 heavy (non-hydrogen) atoms. The number of para-hydroxylation sites is 2. The molecule has 11 heteroatoms. The predicted octanol–water partition coefficient (Wildman–Crippen LogP) is 1.98. The Morgan fingerprint density at radius 3 is 2.84 bits per heavy atom. The smallest absolute Gasteiger partial charge is 0.292 e. The van der Waals surface area contributed by atoms with Crippen molar-refractivity contribution in [3.8, 4) is 0 Å². The van der Waals surface area contributed by atoms with Crippen LogP contribution in [-0.4, -0.2) is 39.8 Å². The van der Waals surface area contributed by atoms with Gasteiger partial charge in [-0.25, -0.2) is 0 Å². The van der Waals surface area contributed by atoms with Gasteiger partial charge in [0.25, 0.3) is 11.2 Å². The standard InChI is InChI=1S/C20H22N6O5/c1-11-5-4-8-25(10-11)20-23-17-16(19(29)24-20)12(9-15(27)22-17)18(28)21-13-6-2-3-7-14(13)26(30)31/h2-3,6-7,11-12H,4-5,8-10H2,1H3,(H,21,28)(H2,22,23,24,27,29)/t11-,12-/m1/s1. The molecule has 2 amide bonds. The molecule has 3 heterocycles. The number of hydrogen-bond acceptors (Lipinski definition) is 7. The summed E-state index contributed by atoms with van der Waals surface area (Å²) in [5.41, 5.74) is -0.753. The number of aromatic amines is 1. The Morgan fingerprint density at radius 2 is 2.10 bits per heavy atom. The molecule has 162 valence electrons. The summed E-state index contributed by atoms with van der Waals surface area (Å²) in [5.74, 6) is -1.39. The summed E-state index contributed by atoms with van der Waals surface area (Å²) in [7, 11) is 0. The SMILES string of the molecule is C[C@@H]1CCCN(c2nc3c(c(=O)[nH]2)[C@H](C(=O)Nc2ccccc2[N+](=O)[O-])CC(=O)N3)C1. The van der Waals surface area contributed by atoms with Crippen molar-refractivity contribution in [2.45, 2.75) is 32.1 Å². The molecule has 0 spiro atoms. The molecule has 3 N–H and O–H groups in total. The third-order valence-corrected chi connectivity index (χ3v) is 5.57. The summed E-state index contributed by atoms with van der Waals surface area (Å²) in [6.45, 7) is 3.59. The first-order valence-electron chi connectivity index (χ1n) is 10.1. The first kappa shape index (κ1) is 20.5. The van der Waals surface area contributed by atoms with Crippen LogP contribution in [0.15, 0.2) is 29.1 Å². The number of anilines is 3. The van der Waals surface area contributed by atoms with E-state index in [0.717, 1.165) is 25.9 Å². The van der Waals surface area contributed by atoms with Gasteiger partial charge < -0.3 is 15.5 Å². The Morgan fingerprint density at radius 1 is 1.32 bits per heavy atom. The minimum absolute atomic E-state index is 0.00616. The molecule has 2 aromatic rings. The molecule has 1 saturated heterocycles. The lowest BCUT2D eigenvalue weighted by molar-refractivity contribution is -0.383. The maximum Gasteiger partial charge on any atom is 0.292 e. The maximum absolute atomic E-state index is 12.9. The number of nitrogens with zero attached hydrogens (tertiary/aromatic N) is 3. The summed E-state index contributed by atoms with van der Waals surface area (Å²) < 4.78 is 0. The topological polar surface area (TPSA) is 150 Å². The summed E-state index contributed by atoms with van der Waals surface area (Å²) in [5, 5.41) is 16.3. The van der Waals surface area contributed by atoms with E-state index in [-0.39, 0.29) is 29.2 Å². The molecule has 4 rings (SSSR count). The highest BCUT2D eigenvalue weighted by molar-refractivity contribution is 6.05. The molecular weight excluding hydrogens is 404 g/mol. The fraction of sp³-hybridized carbons (Fsp3) is 0.400. The number of rotatable bonds is 4. The van der Waals surface area contributed by atoms with Gasteiger partial charge in [-0.2, -0.15) is 4.98 Å². The van der Waals surface area contributed by atoms with E-state index >= 15 is 0 Å².